The number of aliphatic hydroxyl groups excluding tert-OH is 2. The number of hydrogen-bond acceptors (Lipinski definition) is 8. The van der Waals surface area contributed by atoms with Crippen LogP contribution in [0.25, 0.3) is 0 Å². The van der Waals surface area contributed by atoms with Crippen LogP contribution in [0.3, 0.4) is 0 Å². The van der Waals surface area contributed by atoms with E-state index < -0.39 is 62.7 Å². The fourth-order valence-electron chi connectivity index (χ4n) is 5.39. The highest BCUT2D eigenvalue weighted by atomic mass is 32.2. The normalized spacial score (nSPS) is 21.1. The molecular weight excluding hydrogens is 548 g/mol. The zero-order valence-electron chi connectivity index (χ0n) is 21.9. The summed E-state index contributed by atoms with van der Waals surface area (Å²) in [6.07, 6.45) is -3.22. The minimum atomic E-state index is -4.12. The number of benzene rings is 3. The quantitative estimate of drug-likeness (QED) is 0.240. The average molecular weight is 579 g/mol. The molecule has 214 valence electrons. The van der Waals surface area contributed by atoms with Crippen LogP contribution in [-0.4, -0.2) is 64.6 Å². The molecule has 1 fully saturated rings. The topological polar surface area (TPSA) is 148 Å². The lowest BCUT2D eigenvalue weighted by Crippen LogP contribution is -2.45. The first-order valence-electron chi connectivity index (χ1n) is 13.1. The molecule has 0 bridgehead atoms. The van der Waals surface area contributed by atoms with Gasteiger partial charge >= 0.3 is 5.69 Å². The first-order chi connectivity index (χ1) is 19.8. The molecule has 41 heavy (non-hydrogen) atoms. The van der Waals surface area contributed by atoms with Crippen molar-refractivity contribution in [3.05, 3.63) is 141 Å². The van der Waals surface area contributed by atoms with Gasteiger partial charge < -0.3 is 19.7 Å². The molecule has 0 amide bonds. The third-order valence-electron chi connectivity index (χ3n) is 7.23. The molecule has 1 aliphatic heterocycles. The molecule has 3 aromatic carbocycles. The molecule has 1 aromatic heterocycles. The third kappa shape index (κ3) is 5.54. The summed E-state index contributed by atoms with van der Waals surface area (Å²) in [6, 6.07) is 29.4. The molecule has 4 atom stereocenters. The first kappa shape index (κ1) is 28.7. The van der Waals surface area contributed by atoms with Crippen LogP contribution in [-0.2, 0) is 24.9 Å². The van der Waals surface area contributed by atoms with Crippen molar-refractivity contribution in [3.8, 4) is 0 Å². The summed E-state index contributed by atoms with van der Waals surface area (Å²) < 4.78 is 40.3. The van der Waals surface area contributed by atoms with E-state index in [0.29, 0.717) is 0 Å². The summed E-state index contributed by atoms with van der Waals surface area (Å²) in [5.74, 6) is -0.622. The summed E-state index contributed by atoms with van der Waals surface area (Å²) >= 11 is 0. The van der Waals surface area contributed by atoms with Gasteiger partial charge in [0, 0.05) is 12.3 Å². The van der Waals surface area contributed by atoms with Gasteiger partial charge in [-0.2, -0.15) is 0 Å². The van der Waals surface area contributed by atoms with E-state index in [1.165, 1.54) is 0 Å². The van der Waals surface area contributed by atoms with Gasteiger partial charge in [-0.3, -0.25) is 14.3 Å². The zero-order valence-corrected chi connectivity index (χ0v) is 22.8. The molecule has 3 N–H and O–H groups in total. The van der Waals surface area contributed by atoms with Gasteiger partial charge in [0.15, 0.2) is 16.1 Å². The highest BCUT2D eigenvalue weighted by Gasteiger charge is 2.52. The van der Waals surface area contributed by atoms with Crippen molar-refractivity contribution in [1.82, 2.24) is 9.55 Å². The Hall–Kier alpha value is -3.87. The van der Waals surface area contributed by atoms with Gasteiger partial charge in [-0.15, -0.1) is 0 Å². The molecule has 1 aliphatic rings. The van der Waals surface area contributed by atoms with Crippen molar-refractivity contribution in [2.75, 3.05) is 19.0 Å². The van der Waals surface area contributed by atoms with Gasteiger partial charge in [0.05, 0.1) is 19.0 Å². The molecule has 0 saturated carbocycles. The predicted molar refractivity (Wildman–Crippen MR) is 151 cm³/mol. The SMILES string of the molecule is O=c1ccn([C@@H]2O[C@H](COC(c3ccccc3)(c3ccccc3)c3ccccc3)[C@@H](S(=O)(=O)CCO)[C@@H]2O)c(=O)[nH]1. The summed E-state index contributed by atoms with van der Waals surface area (Å²) in [5, 5.41) is 19.2. The highest BCUT2D eigenvalue weighted by molar-refractivity contribution is 7.92. The smallest absolute Gasteiger partial charge is 0.330 e. The second-order valence-corrected chi connectivity index (χ2v) is 12.0. The predicted octanol–water partition coefficient (Wildman–Crippen LogP) is 1.58. The first-order valence-corrected chi connectivity index (χ1v) is 14.8. The van der Waals surface area contributed by atoms with Crippen LogP contribution in [0.4, 0.5) is 0 Å². The van der Waals surface area contributed by atoms with Crippen molar-refractivity contribution in [2.45, 2.75) is 29.3 Å². The minimum absolute atomic E-state index is 0.306. The fourth-order valence-corrected chi connectivity index (χ4v) is 7.09. The number of aliphatic hydroxyl groups is 2. The molecular formula is C30H30N2O8S. The Labute approximate surface area is 236 Å². The monoisotopic (exact) mass is 578 g/mol. The van der Waals surface area contributed by atoms with Crippen molar-refractivity contribution in [2.24, 2.45) is 0 Å². The van der Waals surface area contributed by atoms with Gasteiger partial charge in [-0.05, 0) is 16.7 Å². The van der Waals surface area contributed by atoms with E-state index in [1.54, 1.807) is 0 Å². The Balaban J connectivity index is 1.61. The molecule has 0 aliphatic carbocycles. The van der Waals surface area contributed by atoms with Crippen LogP contribution >= 0.6 is 0 Å². The number of aromatic amines is 1. The van der Waals surface area contributed by atoms with E-state index in [0.717, 1.165) is 33.5 Å². The molecule has 11 heteroatoms. The van der Waals surface area contributed by atoms with Gasteiger partial charge in [0.1, 0.15) is 23.1 Å². The minimum Gasteiger partial charge on any atom is -0.395 e. The molecule has 0 unspecified atom stereocenters. The van der Waals surface area contributed by atoms with Crippen LogP contribution < -0.4 is 11.2 Å². The van der Waals surface area contributed by atoms with Gasteiger partial charge in [0.2, 0.25) is 0 Å². The molecule has 5 rings (SSSR count). The zero-order chi connectivity index (χ0) is 29.0. The van der Waals surface area contributed by atoms with Crippen LogP contribution in [0.1, 0.15) is 22.9 Å². The standard InChI is InChI=1S/C30H30N2O8S/c33-18-19-41(37,38)27-24(40-28(26(27)35)32-17-16-25(34)31-29(32)36)20-39-30(21-10-4-1-5-11-21,22-12-6-2-7-13-22)23-14-8-3-9-15-23/h1-17,24,26-28,33,35H,18-20H2,(H,31,34,36)/t24-,26+,27-,28-/m1/s1. The maximum Gasteiger partial charge on any atom is 0.330 e. The highest BCUT2D eigenvalue weighted by Crippen LogP contribution is 2.42. The molecule has 2 heterocycles. The molecule has 1 saturated heterocycles. The van der Waals surface area contributed by atoms with Crippen LogP contribution in [0.5, 0.6) is 0 Å². The van der Waals surface area contributed by atoms with E-state index in [4.69, 9.17) is 9.47 Å². The molecule has 4 aromatic rings. The lowest BCUT2D eigenvalue weighted by atomic mass is 9.80. The summed E-state index contributed by atoms with van der Waals surface area (Å²) in [6.45, 7) is -0.968. The number of sulfone groups is 1. The number of ether oxygens (including phenoxy) is 2. The Bertz CT molecular complexity index is 1580. The Morgan fingerprint density at radius 2 is 1.37 bits per heavy atom. The van der Waals surface area contributed by atoms with Crippen molar-refractivity contribution >= 4 is 9.84 Å². The number of nitrogens with one attached hydrogen (secondary N) is 1. The van der Waals surface area contributed by atoms with Crippen LogP contribution in [0.15, 0.2) is 113 Å². The summed E-state index contributed by atoms with van der Waals surface area (Å²) in [5.41, 5.74) is -0.386. The number of H-pyrrole nitrogens is 1. The van der Waals surface area contributed by atoms with Gasteiger partial charge in [0.25, 0.3) is 5.56 Å². The van der Waals surface area contributed by atoms with Gasteiger partial charge in [-0.1, -0.05) is 91.0 Å². The molecule has 0 radical (unpaired) electrons. The van der Waals surface area contributed by atoms with Gasteiger partial charge in [-0.25, -0.2) is 13.2 Å². The largest absolute Gasteiger partial charge is 0.395 e. The third-order valence-corrected chi connectivity index (χ3v) is 9.39. The van der Waals surface area contributed by atoms with E-state index in [2.05, 4.69) is 4.98 Å². The number of aromatic nitrogens is 2. The van der Waals surface area contributed by atoms with E-state index >= 15 is 0 Å². The second kappa shape index (κ2) is 11.9. The molecule has 10 nitrogen and oxygen atoms in total. The van der Waals surface area contributed by atoms with Crippen molar-refractivity contribution in [3.63, 3.8) is 0 Å². The van der Waals surface area contributed by atoms with E-state index in [1.807, 2.05) is 91.0 Å². The van der Waals surface area contributed by atoms with Crippen LogP contribution in [0, 0.1) is 0 Å². The fraction of sp³-hybridized carbons (Fsp3) is 0.267. The van der Waals surface area contributed by atoms with Crippen molar-refractivity contribution < 1.29 is 28.1 Å². The number of nitrogens with zero attached hydrogens (tertiary/aromatic N) is 1. The van der Waals surface area contributed by atoms with Crippen LogP contribution in [0.2, 0.25) is 0 Å². The lowest BCUT2D eigenvalue weighted by molar-refractivity contribution is -0.0873. The maximum absolute atomic E-state index is 13.3. The second-order valence-electron chi connectivity index (χ2n) is 9.72. The maximum atomic E-state index is 13.3. The number of rotatable bonds is 10. The van der Waals surface area contributed by atoms with Crippen molar-refractivity contribution in [1.29, 1.82) is 0 Å². The number of hydrogen-bond donors (Lipinski definition) is 3. The average Bonchev–Trinajstić information content (AvgIpc) is 3.31. The summed E-state index contributed by atoms with van der Waals surface area (Å²) in [7, 11) is -4.12. The van der Waals surface area contributed by atoms with E-state index in [9.17, 15) is 28.2 Å². The van der Waals surface area contributed by atoms with E-state index in [-0.39, 0.29) is 6.61 Å². The Kier molecular flexibility index (Phi) is 8.34. The Morgan fingerprint density at radius 1 is 0.854 bits per heavy atom. The summed E-state index contributed by atoms with van der Waals surface area (Å²) in [4.78, 5) is 26.2. The Morgan fingerprint density at radius 3 is 1.83 bits per heavy atom. The lowest BCUT2D eigenvalue weighted by Gasteiger charge is -2.37. The molecule has 0 spiro atoms.